The van der Waals surface area contributed by atoms with Gasteiger partial charge in [-0.2, -0.15) is 0 Å². The second kappa shape index (κ2) is 9.51. The zero-order chi connectivity index (χ0) is 19.9. The van der Waals surface area contributed by atoms with E-state index in [1.807, 2.05) is 0 Å². The van der Waals surface area contributed by atoms with Crippen LogP contribution in [0.1, 0.15) is 48.0 Å². The minimum atomic E-state index is -2.78. The van der Waals surface area contributed by atoms with E-state index in [0.717, 1.165) is 4.90 Å². The number of imide groups is 1. The van der Waals surface area contributed by atoms with Crippen LogP contribution in [-0.4, -0.2) is 65.0 Å². The van der Waals surface area contributed by atoms with E-state index in [1.54, 1.807) is 41.5 Å². The van der Waals surface area contributed by atoms with Crippen molar-refractivity contribution in [3.05, 3.63) is 0 Å². The molecule has 0 atom stereocenters. The lowest BCUT2D eigenvalue weighted by Gasteiger charge is -2.29. The first-order valence-electron chi connectivity index (χ1n) is 8.18. The number of carbonyl (C=O) groups is 2. The smallest absolute Gasteiger partial charge is 0.443 e. The Bertz CT molecular complexity index is 402. The molecule has 0 unspecified atom stereocenters. The van der Waals surface area contributed by atoms with Gasteiger partial charge in [0.05, 0.1) is 0 Å². The Morgan fingerprint density at radius 1 is 0.800 bits per heavy atom. The average molecular weight is 380 g/mol. The third-order valence-electron chi connectivity index (χ3n) is 3.03. The van der Waals surface area contributed by atoms with Gasteiger partial charge >= 0.3 is 21.0 Å². The van der Waals surface area contributed by atoms with Gasteiger partial charge in [0.2, 0.25) is 0 Å². The first kappa shape index (κ1) is 23.8. The van der Waals surface area contributed by atoms with Crippen LogP contribution in [0.2, 0.25) is 6.04 Å². The molecule has 0 N–H and O–H groups in total. The van der Waals surface area contributed by atoms with Crippen molar-refractivity contribution in [1.29, 1.82) is 0 Å². The Hall–Kier alpha value is -1.16. The lowest BCUT2D eigenvalue weighted by atomic mass is 10.2. The number of nitrogens with zero attached hydrogens (tertiary/aromatic N) is 1. The van der Waals surface area contributed by atoms with Crippen molar-refractivity contribution >= 4 is 21.0 Å². The van der Waals surface area contributed by atoms with Crippen LogP contribution in [-0.2, 0) is 22.8 Å². The number of amides is 2. The lowest BCUT2D eigenvalue weighted by Crippen LogP contribution is -2.46. The van der Waals surface area contributed by atoms with Crippen LogP contribution in [0, 0.1) is 0 Å². The molecule has 0 radical (unpaired) electrons. The molecule has 0 saturated heterocycles. The van der Waals surface area contributed by atoms with Gasteiger partial charge in [-0.1, -0.05) is 0 Å². The van der Waals surface area contributed by atoms with Gasteiger partial charge in [-0.25, -0.2) is 14.5 Å². The second-order valence-electron chi connectivity index (χ2n) is 7.51. The predicted octanol–water partition coefficient (Wildman–Crippen LogP) is 3.43. The first-order valence-corrected chi connectivity index (χ1v) is 10.1. The fourth-order valence-corrected chi connectivity index (χ4v) is 3.60. The van der Waals surface area contributed by atoms with E-state index in [9.17, 15) is 9.59 Å². The van der Waals surface area contributed by atoms with Gasteiger partial charge in [0.15, 0.2) is 0 Å². The van der Waals surface area contributed by atoms with Crippen LogP contribution in [0.5, 0.6) is 0 Å². The number of rotatable bonds is 7. The number of hydrogen-bond acceptors (Lipinski definition) is 7. The van der Waals surface area contributed by atoms with Crippen LogP contribution in [0.25, 0.3) is 0 Å². The van der Waals surface area contributed by atoms with Crippen molar-refractivity contribution in [2.24, 2.45) is 0 Å². The molecule has 0 heterocycles. The molecule has 9 heteroatoms. The summed E-state index contributed by atoms with van der Waals surface area (Å²) in [5.74, 6) is 0. The largest absolute Gasteiger partial charge is 0.500 e. The van der Waals surface area contributed by atoms with Gasteiger partial charge in [0.25, 0.3) is 0 Å². The van der Waals surface area contributed by atoms with Gasteiger partial charge in [-0.05, 0) is 48.0 Å². The maximum Gasteiger partial charge on any atom is 0.500 e. The highest BCUT2D eigenvalue weighted by molar-refractivity contribution is 6.60. The minimum absolute atomic E-state index is 0.106. The molecule has 0 aromatic heterocycles. The van der Waals surface area contributed by atoms with Crippen molar-refractivity contribution in [3.8, 4) is 0 Å². The molecule has 2 amide bonds. The standard InChI is InChI=1S/C16H33NO7Si/c1-15(2,3)23-13(18)17(14(19)24-16(4,5)6)11-10-12-25(20-7,21-8)22-9/h10-12H2,1-9H3. The molecule has 8 nitrogen and oxygen atoms in total. The Morgan fingerprint density at radius 2 is 1.16 bits per heavy atom. The quantitative estimate of drug-likeness (QED) is 0.627. The lowest BCUT2D eigenvalue weighted by molar-refractivity contribution is 0.00112. The van der Waals surface area contributed by atoms with E-state index in [-0.39, 0.29) is 6.54 Å². The number of hydrogen-bond donors (Lipinski definition) is 0. The number of carbonyl (C=O) groups excluding carboxylic acids is 2. The molecule has 25 heavy (non-hydrogen) atoms. The van der Waals surface area contributed by atoms with Gasteiger partial charge in [-0.15, -0.1) is 0 Å². The Labute approximate surface area is 152 Å². The summed E-state index contributed by atoms with van der Waals surface area (Å²) in [6.07, 6.45) is -1.07. The molecular weight excluding hydrogens is 346 g/mol. The summed E-state index contributed by atoms with van der Waals surface area (Å²) in [5.41, 5.74) is -1.44. The summed E-state index contributed by atoms with van der Waals surface area (Å²) >= 11 is 0. The van der Waals surface area contributed by atoms with Crippen molar-refractivity contribution in [2.75, 3.05) is 27.9 Å². The summed E-state index contributed by atoms with van der Waals surface area (Å²) in [6.45, 7) is 10.5. The maximum atomic E-state index is 12.4. The molecule has 0 aromatic carbocycles. The van der Waals surface area contributed by atoms with Gasteiger partial charge in [0, 0.05) is 33.9 Å². The third-order valence-corrected chi connectivity index (χ3v) is 5.86. The van der Waals surface area contributed by atoms with E-state index in [1.165, 1.54) is 21.3 Å². The van der Waals surface area contributed by atoms with Crippen molar-refractivity contribution in [2.45, 2.75) is 65.2 Å². The fraction of sp³-hybridized carbons (Fsp3) is 0.875. The van der Waals surface area contributed by atoms with E-state index in [2.05, 4.69) is 0 Å². The molecule has 0 fully saturated rings. The van der Waals surface area contributed by atoms with Crippen LogP contribution < -0.4 is 0 Å². The molecule has 0 aliphatic carbocycles. The Balaban J connectivity index is 5.08. The van der Waals surface area contributed by atoms with E-state index >= 15 is 0 Å². The van der Waals surface area contributed by atoms with Crippen LogP contribution in [0.3, 0.4) is 0 Å². The molecule has 0 saturated carbocycles. The van der Waals surface area contributed by atoms with Gasteiger partial charge in [0.1, 0.15) is 11.2 Å². The highest BCUT2D eigenvalue weighted by Gasteiger charge is 2.38. The summed E-state index contributed by atoms with van der Waals surface area (Å²) in [7, 11) is 1.76. The molecule has 148 valence electrons. The van der Waals surface area contributed by atoms with E-state index in [4.69, 9.17) is 22.8 Å². The van der Waals surface area contributed by atoms with Gasteiger partial charge < -0.3 is 22.8 Å². The zero-order valence-electron chi connectivity index (χ0n) is 16.9. The van der Waals surface area contributed by atoms with Crippen LogP contribution in [0.15, 0.2) is 0 Å². The molecule has 0 aliphatic heterocycles. The van der Waals surface area contributed by atoms with Crippen molar-refractivity contribution < 1.29 is 32.3 Å². The summed E-state index contributed by atoms with van der Waals surface area (Å²) < 4.78 is 26.6. The molecule has 0 aromatic rings. The summed E-state index contributed by atoms with van der Waals surface area (Å²) in [6, 6.07) is 0.443. The molecule has 0 rings (SSSR count). The Morgan fingerprint density at radius 3 is 1.44 bits per heavy atom. The molecular formula is C16H33NO7Si. The number of ether oxygens (including phenoxy) is 2. The second-order valence-corrected chi connectivity index (χ2v) is 10.6. The van der Waals surface area contributed by atoms with E-state index < -0.39 is 32.2 Å². The SMILES string of the molecule is CO[Si](CCCN(C(=O)OC(C)(C)C)C(=O)OC(C)(C)C)(OC)OC. The average Bonchev–Trinajstić information content (AvgIpc) is 2.44. The Kier molecular flexibility index (Phi) is 9.07. The van der Waals surface area contributed by atoms with Crippen LogP contribution >= 0.6 is 0 Å². The first-order chi connectivity index (χ1) is 11.3. The highest BCUT2D eigenvalue weighted by atomic mass is 28.4. The minimum Gasteiger partial charge on any atom is -0.443 e. The van der Waals surface area contributed by atoms with Crippen molar-refractivity contribution in [1.82, 2.24) is 4.90 Å². The molecule has 0 aliphatic rings. The van der Waals surface area contributed by atoms with Gasteiger partial charge in [-0.3, -0.25) is 0 Å². The van der Waals surface area contributed by atoms with Crippen LogP contribution in [0.4, 0.5) is 9.59 Å². The zero-order valence-corrected chi connectivity index (χ0v) is 17.9. The molecule has 0 spiro atoms. The topological polar surface area (TPSA) is 83.5 Å². The summed E-state index contributed by atoms with van der Waals surface area (Å²) in [4.78, 5) is 25.7. The molecule has 0 bridgehead atoms. The third kappa shape index (κ3) is 9.20. The predicted molar refractivity (Wildman–Crippen MR) is 95.4 cm³/mol. The fourth-order valence-electron chi connectivity index (χ4n) is 1.90. The monoisotopic (exact) mass is 379 g/mol. The normalized spacial score (nSPS) is 12.7. The summed E-state index contributed by atoms with van der Waals surface area (Å²) in [5, 5.41) is 0. The van der Waals surface area contributed by atoms with E-state index in [0.29, 0.717) is 12.5 Å². The van der Waals surface area contributed by atoms with Crippen molar-refractivity contribution in [3.63, 3.8) is 0 Å². The highest BCUT2D eigenvalue weighted by Crippen LogP contribution is 2.18. The maximum absolute atomic E-state index is 12.4.